The fourth-order valence-electron chi connectivity index (χ4n) is 6.94. The second-order valence-corrected chi connectivity index (χ2v) is 16.3. The van der Waals surface area contributed by atoms with Crippen molar-refractivity contribution in [2.75, 3.05) is 0 Å². The van der Waals surface area contributed by atoms with Crippen molar-refractivity contribution >= 4 is 43.9 Å². The van der Waals surface area contributed by atoms with E-state index in [1.165, 1.54) is 22.3 Å². The van der Waals surface area contributed by atoms with Crippen molar-refractivity contribution in [2.24, 2.45) is 0 Å². The molecule has 9 aromatic rings. The molecule has 5 heteroatoms. The number of benzene rings is 5. The summed E-state index contributed by atoms with van der Waals surface area (Å²) in [4.78, 5) is 8.99. The fraction of sp³-hybridized carbons (Fsp3) is 0.200. The van der Waals surface area contributed by atoms with E-state index in [0.717, 1.165) is 77.5 Å². The summed E-state index contributed by atoms with van der Waals surface area (Å²) in [5.74, 6) is 0. The van der Waals surface area contributed by atoms with Crippen LogP contribution in [0, 0.1) is 26.0 Å². The van der Waals surface area contributed by atoms with Gasteiger partial charge in [0, 0.05) is 59.6 Å². The summed E-state index contributed by atoms with van der Waals surface area (Å²) in [5, 5.41) is 4.44. The van der Waals surface area contributed by atoms with Gasteiger partial charge in [-0.2, -0.15) is 0 Å². The Kier molecular flexibility index (Phi) is 10.1. The van der Waals surface area contributed by atoms with Crippen LogP contribution in [0.1, 0.15) is 63.8 Å². The van der Waals surface area contributed by atoms with Gasteiger partial charge >= 0.3 is 0 Å². The van der Waals surface area contributed by atoms with Gasteiger partial charge in [-0.3, -0.25) is 0 Å². The molecule has 0 N–H and O–H groups in total. The molecule has 0 spiro atoms. The number of aromatic nitrogens is 2. The van der Waals surface area contributed by atoms with Gasteiger partial charge in [-0.05, 0) is 87.8 Å². The zero-order valence-electron chi connectivity index (χ0n) is 32.6. The van der Waals surface area contributed by atoms with E-state index in [2.05, 4.69) is 131 Å². The van der Waals surface area contributed by atoms with Crippen molar-refractivity contribution in [3.63, 3.8) is 0 Å². The molecule has 0 saturated heterocycles. The molecule has 9 rings (SSSR count). The maximum atomic E-state index is 6.71. The van der Waals surface area contributed by atoms with Crippen LogP contribution in [0.3, 0.4) is 0 Å². The van der Waals surface area contributed by atoms with E-state index >= 15 is 0 Å². The van der Waals surface area contributed by atoms with Gasteiger partial charge < -0.3 is 18.8 Å². The third-order valence-electron chi connectivity index (χ3n) is 10.1. The Labute approximate surface area is 337 Å². The van der Waals surface area contributed by atoms with E-state index in [0.29, 0.717) is 0 Å². The number of hydrogen-bond donors (Lipinski definition) is 0. The molecule has 0 aliphatic carbocycles. The molecule has 0 aliphatic heterocycles. The van der Waals surface area contributed by atoms with Gasteiger partial charge in [0.05, 0.1) is 0 Å². The zero-order valence-corrected chi connectivity index (χ0v) is 35.0. The van der Waals surface area contributed by atoms with Crippen molar-refractivity contribution in [1.29, 1.82) is 0 Å². The Hall–Kier alpha value is -5.35. The standard InChI is InChI=1S/C37H32NO2.C13H12N.Ir/c1-36(2,3)24-12-14-30-27(19-24)33-32(39-30)21-26(23-16-17-38-29(18-23)22-10-8-7-9-11-22)35-34(33)28-20-25(37(4,5)6)13-15-31(28)40-35;1-10-3-6-12(7-4-10)13-8-5-11(2)9-14-13;/h7-10,12-21H,1-6H3;3-6,8-9H,1-2H3;/q2*-1;. The Balaban J connectivity index is 0.000000262. The minimum atomic E-state index is 0. The number of furan rings is 2. The quantitative estimate of drug-likeness (QED) is 0.166. The minimum Gasteiger partial charge on any atom is -0.456 e. The number of hydrogen-bond acceptors (Lipinski definition) is 4. The minimum absolute atomic E-state index is 0. The summed E-state index contributed by atoms with van der Waals surface area (Å²) in [6.45, 7) is 17.6. The summed E-state index contributed by atoms with van der Waals surface area (Å²) in [7, 11) is 0. The van der Waals surface area contributed by atoms with Crippen LogP contribution in [0.4, 0.5) is 0 Å². The van der Waals surface area contributed by atoms with Crippen LogP contribution in [-0.4, -0.2) is 9.97 Å². The van der Waals surface area contributed by atoms with Gasteiger partial charge in [-0.15, -0.1) is 71.3 Å². The molecule has 0 bridgehead atoms. The monoisotopic (exact) mass is 897 g/mol. The van der Waals surface area contributed by atoms with Crippen molar-refractivity contribution in [1.82, 2.24) is 9.97 Å². The van der Waals surface area contributed by atoms with Crippen LogP contribution in [-0.2, 0) is 30.9 Å². The predicted molar refractivity (Wildman–Crippen MR) is 224 cm³/mol. The van der Waals surface area contributed by atoms with E-state index in [1.54, 1.807) is 0 Å². The number of nitrogens with zero attached hydrogens (tertiary/aromatic N) is 2. The Morgan fingerprint density at radius 3 is 1.85 bits per heavy atom. The average molecular weight is 897 g/mol. The van der Waals surface area contributed by atoms with Gasteiger partial charge in [0.2, 0.25) is 0 Å². The van der Waals surface area contributed by atoms with Crippen LogP contribution in [0.2, 0.25) is 0 Å². The summed E-state index contributed by atoms with van der Waals surface area (Å²) in [5.41, 5.74) is 14.4. The van der Waals surface area contributed by atoms with Crippen LogP contribution in [0.5, 0.6) is 0 Å². The largest absolute Gasteiger partial charge is 0.456 e. The third-order valence-corrected chi connectivity index (χ3v) is 10.1. The van der Waals surface area contributed by atoms with Crippen molar-refractivity contribution in [2.45, 2.75) is 66.2 Å². The van der Waals surface area contributed by atoms with Crippen LogP contribution in [0.15, 0.2) is 130 Å². The number of fused-ring (bicyclic) bond motifs is 7. The first-order chi connectivity index (χ1) is 25.8. The molecule has 0 saturated carbocycles. The first-order valence-corrected chi connectivity index (χ1v) is 18.5. The molecule has 55 heavy (non-hydrogen) atoms. The predicted octanol–water partition coefficient (Wildman–Crippen LogP) is 13.8. The fourth-order valence-corrected chi connectivity index (χ4v) is 6.94. The van der Waals surface area contributed by atoms with Crippen molar-refractivity contribution < 1.29 is 28.9 Å². The Morgan fingerprint density at radius 1 is 0.564 bits per heavy atom. The molecule has 4 heterocycles. The van der Waals surface area contributed by atoms with Crippen LogP contribution < -0.4 is 0 Å². The maximum absolute atomic E-state index is 6.71. The van der Waals surface area contributed by atoms with Gasteiger partial charge in [0.1, 0.15) is 22.3 Å². The molecule has 0 unspecified atom stereocenters. The first kappa shape index (κ1) is 37.9. The average Bonchev–Trinajstić information content (AvgIpc) is 3.73. The SMILES string of the molecule is CC(C)(C)c1ccc2oc3cc(-c4ccnc(-c5[c-]cccc5)c4)c4oc5ccc(C(C)(C)C)cc5c4c3c2c1.Cc1c[c-]c(-c2ccc(C)cn2)cc1.[Ir]. The zero-order chi connectivity index (χ0) is 37.8. The molecule has 5 aromatic carbocycles. The van der Waals surface area contributed by atoms with E-state index < -0.39 is 0 Å². The molecule has 4 nitrogen and oxygen atoms in total. The number of rotatable bonds is 3. The molecule has 277 valence electrons. The van der Waals surface area contributed by atoms with Gasteiger partial charge in [0.25, 0.3) is 0 Å². The molecule has 1 radical (unpaired) electrons. The first-order valence-electron chi connectivity index (χ1n) is 18.5. The van der Waals surface area contributed by atoms with Crippen LogP contribution in [0.25, 0.3) is 77.5 Å². The number of aryl methyl sites for hydroxylation is 2. The molecule has 0 amide bonds. The van der Waals surface area contributed by atoms with Crippen molar-refractivity contribution in [3.05, 3.63) is 156 Å². The second-order valence-electron chi connectivity index (χ2n) is 16.3. The molecule has 0 aliphatic rings. The Morgan fingerprint density at radius 2 is 1.24 bits per heavy atom. The molecule has 0 atom stereocenters. The normalized spacial score (nSPS) is 11.9. The van der Waals surface area contributed by atoms with E-state index in [4.69, 9.17) is 8.83 Å². The Bertz CT molecular complexity index is 2740. The summed E-state index contributed by atoms with van der Waals surface area (Å²) >= 11 is 0. The van der Waals surface area contributed by atoms with Crippen LogP contribution >= 0.6 is 0 Å². The van der Waals surface area contributed by atoms with E-state index in [9.17, 15) is 0 Å². The van der Waals surface area contributed by atoms with E-state index in [1.807, 2.05) is 67.8 Å². The molecule has 0 fully saturated rings. The topological polar surface area (TPSA) is 52.1 Å². The molecular formula is C50H44IrN2O2-2. The third kappa shape index (κ3) is 7.52. The summed E-state index contributed by atoms with van der Waals surface area (Å²) in [6, 6.07) is 44.1. The maximum Gasteiger partial charge on any atom is 0.144 e. The van der Waals surface area contributed by atoms with Gasteiger partial charge in [-0.1, -0.05) is 78.8 Å². The van der Waals surface area contributed by atoms with Gasteiger partial charge in [0.15, 0.2) is 0 Å². The van der Waals surface area contributed by atoms with Gasteiger partial charge in [-0.25, -0.2) is 0 Å². The summed E-state index contributed by atoms with van der Waals surface area (Å²) in [6.07, 6.45) is 3.74. The smallest absolute Gasteiger partial charge is 0.144 e. The summed E-state index contributed by atoms with van der Waals surface area (Å²) < 4.78 is 13.3. The van der Waals surface area contributed by atoms with Crippen molar-refractivity contribution in [3.8, 4) is 33.6 Å². The number of pyridine rings is 2. The molecular weight excluding hydrogens is 853 g/mol. The van der Waals surface area contributed by atoms with E-state index in [-0.39, 0.29) is 30.9 Å². The second kappa shape index (κ2) is 14.7. The molecule has 4 aromatic heterocycles.